The van der Waals surface area contributed by atoms with Gasteiger partial charge in [0.15, 0.2) is 0 Å². The molecule has 0 bridgehead atoms. The van der Waals surface area contributed by atoms with Gasteiger partial charge in [-0.05, 0) is 45.9 Å². The van der Waals surface area contributed by atoms with Crippen molar-refractivity contribution >= 4 is 0 Å². The highest BCUT2D eigenvalue weighted by Crippen LogP contribution is 2.24. The zero-order valence-corrected chi connectivity index (χ0v) is 12.2. The normalized spacial score (nSPS) is 24.9. The van der Waals surface area contributed by atoms with Gasteiger partial charge < -0.3 is 10.5 Å². The first-order chi connectivity index (χ1) is 9.10. The average molecular weight is 263 g/mol. The van der Waals surface area contributed by atoms with E-state index < -0.39 is 0 Å². The minimum absolute atomic E-state index is 0.259. The Balaban J connectivity index is 1.98. The SMILES string of the molecule is Cc1cccc(CN(C)C(CN)C2CCC(C)O2)n1. The second kappa shape index (κ2) is 6.46. The molecular formula is C15H25N3O. The van der Waals surface area contributed by atoms with Crippen LogP contribution in [0.15, 0.2) is 18.2 Å². The maximum absolute atomic E-state index is 5.95. The predicted octanol–water partition coefficient (Wildman–Crippen LogP) is 1.72. The molecule has 0 amide bonds. The first-order valence-electron chi connectivity index (χ1n) is 7.08. The zero-order valence-electron chi connectivity index (χ0n) is 12.2. The van der Waals surface area contributed by atoms with E-state index >= 15 is 0 Å². The third-order valence-corrected chi connectivity index (χ3v) is 3.86. The number of aromatic nitrogens is 1. The van der Waals surface area contributed by atoms with E-state index in [1.807, 2.05) is 13.0 Å². The molecule has 3 atom stereocenters. The lowest BCUT2D eigenvalue weighted by Gasteiger charge is -2.31. The number of likely N-dealkylation sites (N-methyl/N-ethyl adjacent to an activating group) is 1. The van der Waals surface area contributed by atoms with Gasteiger partial charge in [-0.2, -0.15) is 0 Å². The molecule has 1 aliphatic rings. The lowest BCUT2D eigenvalue weighted by atomic mass is 10.1. The summed E-state index contributed by atoms with van der Waals surface area (Å²) in [5.74, 6) is 0. The molecule has 0 aliphatic carbocycles. The quantitative estimate of drug-likeness (QED) is 0.879. The largest absolute Gasteiger partial charge is 0.374 e. The van der Waals surface area contributed by atoms with E-state index in [1.165, 1.54) is 0 Å². The summed E-state index contributed by atoms with van der Waals surface area (Å²) in [7, 11) is 2.11. The standard InChI is InChI=1S/C15H25N3O/c1-11-5-4-6-13(17-11)10-18(3)14(9-16)15-8-7-12(2)19-15/h4-6,12,14-15H,7-10,16H2,1-3H3. The van der Waals surface area contributed by atoms with Crippen molar-refractivity contribution < 1.29 is 4.74 Å². The fraction of sp³-hybridized carbons (Fsp3) is 0.667. The van der Waals surface area contributed by atoms with E-state index in [4.69, 9.17) is 10.5 Å². The highest BCUT2D eigenvalue weighted by molar-refractivity contribution is 5.10. The minimum Gasteiger partial charge on any atom is -0.374 e. The number of ether oxygens (including phenoxy) is 1. The summed E-state index contributed by atoms with van der Waals surface area (Å²) in [6, 6.07) is 6.41. The molecule has 1 aliphatic heterocycles. The minimum atomic E-state index is 0.259. The van der Waals surface area contributed by atoms with Crippen LogP contribution in [0.4, 0.5) is 0 Å². The van der Waals surface area contributed by atoms with Crippen molar-refractivity contribution in [1.29, 1.82) is 0 Å². The molecule has 4 nitrogen and oxygen atoms in total. The smallest absolute Gasteiger partial charge is 0.0747 e. The van der Waals surface area contributed by atoms with Crippen molar-refractivity contribution in [2.75, 3.05) is 13.6 Å². The Morgan fingerprint density at radius 2 is 2.26 bits per heavy atom. The second-order valence-corrected chi connectivity index (χ2v) is 5.55. The zero-order chi connectivity index (χ0) is 13.8. The molecule has 2 rings (SSSR count). The molecule has 2 heterocycles. The Morgan fingerprint density at radius 3 is 2.84 bits per heavy atom. The molecule has 1 saturated heterocycles. The number of aryl methyl sites for hydroxylation is 1. The number of nitrogens with two attached hydrogens (primary N) is 1. The van der Waals surface area contributed by atoms with Gasteiger partial charge in [0.25, 0.3) is 0 Å². The maximum atomic E-state index is 5.95. The summed E-state index contributed by atoms with van der Waals surface area (Å²) in [6.07, 6.45) is 2.87. The fourth-order valence-corrected chi connectivity index (χ4v) is 2.79. The number of hydrogen-bond donors (Lipinski definition) is 1. The topological polar surface area (TPSA) is 51.4 Å². The molecule has 4 heteroatoms. The third-order valence-electron chi connectivity index (χ3n) is 3.86. The van der Waals surface area contributed by atoms with Crippen LogP contribution in [0.1, 0.15) is 31.2 Å². The Kier molecular flexibility index (Phi) is 4.91. The predicted molar refractivity (Wildman–Crippen MR) is 76.9 cm³/mol. The van der Waals surface area contributed by atoms with Gasteiger partial charge >= 0.3 is 0 Å². The Hall–Kier alpha value is -0.970. The first kappa shape index (κ1) is 14.4. The van der Waals surface area contributed by atoms with Crippen LogP contribution in [-0.4, -0.2) is 41.7 Å². The summed E-state index contributed by atoms with van der Waals surface area (Å²) < 4.78 is 5.95. The summed E-state index contributed by atoms with van der Waals surface area (Å²) in [6.45, 7) is 5.60. The number of pyridine rings is 1. The van der Waals surface area contributed by atoms with Gasteiger partial charge in [-0.1, -0.05) is 6.07 Å². The average Bonchev–Trinajstić information content (AvgIpc) is 2.76. The number of hydrogen-bond acceptors (Lipinski definition) is 4. The highest BCUT2D eigenvalue weighted by atomic mass is 16.5. The first-order valence-corrected chi connectivity index (χ1v) is 7.08. The van der Waals surface area contributed by atoms with Crippen LogP contribution in [0.25, 0.3) is 0 Å². The Bertz CT molecular complexity index is 410. The number of rotatable bonds is 5. The van der Waals surface area contributed by atoms with Crippen LogP contribution in [-0.2, 0) is 11.3 Å². The van der Waals surface area contributed by atoms with E-state index in [9.17, 15) is 0 Å². The molecule has 19 heavy (non-hydrogen) atoms. The fourth-order valence-electron chi connectivity index (χ4n) is 2.79. The molecule has 0 aromatic carbocycles. The summed E-state index contributed by atoms with van der Waals surface area (Å²) >= 11 is 0. The van der Waals surface area contributed by atoms with E-state index in [0.29, 0.717) is 12.6 Å². The van der Waals surface area contributed by atoms with Gasteiger partial charge in [-0.3, -0.25) is 9.88 Å². The van der Waals surface area contributed by atoms with Crippen molar-refractivity contribution in [3.05, 3.63) is 29.6 Å². The summed E-state index contributed by atoms with van der Waals surface area (Å²) in [5, 5.41) is 0. The lowest BCUT2D eigenvalue weighted by Crippen LogP contribution is -2.46. The van der Waals surface area contributed by atoms with E-state index in [2.05, 4.69) is 36.0 Å². The van der Waals surface area contributed by atoms with Crippen molar-refractivity contribution in [3.8, 4) is 0 Å². The van der Waals surface area contributed by atoms with Gasteiger partial charge in [-0.25, -0.2) is 0 Å². The van der Waals surface area contributed by atoms with Crippen LogP contribution < -0.4 is 5.73 Å². The molecule has 106 valence electrons. The van der Waals surface area contributed by atoms with Gasteiger partial charge in [-0.15, -0.1) is 0 Å². The molecule has 0 spiro atoms. The Labute approximate surface area is 116 Å². The molecule has 1 aromatic heterocycles. The lowest BCUT2D eigenvalue weighted by molar-refractivity contribution is 0.000569. The molecular weight excluding hydrogens is 238 g/mol. The maximum Gasteiger partial charge on any atom is 0.0747 e. The van der Waals surface area contributed by atoms with Gasteiger partial charge in [0.2, 0.25) is 0 Å². The van der Waals surface area contributed by atoms with Crippen molar-refractivity contribution in [2.24, 2.45) is 5.73 Å². The summed E-state index contributed by atoms with van der Waals surface area (Å²) in [4.78, 5) is 6.82. The molecule has 2 N–H and O–H groups in total. The van der Waals surface area contributed by atoms with Crippen LogP contribution >= 0.6 is 0 Å². The highest BCUT2D eigenvalue weighted by Gasteiger charge is 2.31. The number of nitrogens with zero attached hydrogens (tertiary/aromatic N) is 2. The molecule has 3 unspecified atom stereocenters. The van der Waals surface area contributed by atoms with Crippen LogP contribution in [0.2, 0.25) is 0 Å². The third kappa shape index (κ3) is 3.75. The van der Waals surface area contributed by atoms with Crippen LogP contribution in [0.3, 0.4) is 0 Å². The summed E-state index contributed by atoms with van der Waals surface area (Å²) in [5.41, 5.74) is 8.09. The monoisotopic (exact) mass is 263 g/mol. The molecule has 1 fully saturated rings. The van der Waals surface area contributed by atoms with Crippen molar-refractivity contribution in [3.63, 3.8) is 0 Å². The Morgan fingerprint density at radius 1 is 1.47 bits per heavy atom. The molecule has 1 aromatic rings. The van der Waals surface area contributed by atoms with Gasteiger partial charge in [0.1, 0.15) is 0 Å². The van der Waals surface area contributed by atoms with Crippen LogP contribution in [0, 0.1) is 6.92 Å². The van der Waals surface area contributed by atoms with Gasteiger partial charge in [0.05, 0.1) is 17.9 Å². The molecule has 0 radical (unpaired) electrons. The van der Waals surface area contributed by atoms with Crippen LogP contribution in [0.5, 0.6) is 0 Å². The van der Waals surface area contributed by atoms with Crippen molar-refractivity contribution in [1.82, 2.24) is 9.88 Å². The van der Waals surface area contributed by atoms with E-state index in [0.717, 1.165) is 30.8 Å². The van der Waals surface area contributed by atoms with E-state index in [-0.39, 0.29) is 12.1 Å². The molecule has 0 saturated carbocycles. The van der Waals surface area contributed by atoms with E-state index in [1.54, 1.807) is 0 Å². The second-order valence-electron chi connectivity index (χ2n) is 5.55. The van der Waals surface area contributed by atoms with Gasteiger partial charge in [0, 0.05) is 24.8 Å². The van der Waals surface area contributed by atoms with Crippen molar-refractivity contribution in [2.45, 2.75) is 51.5 Å².